The highest BCUT2D eigenvalue weighted by molar-refractivity contribution is 9.10. The van der Waals surface area contributed by atoms with Crippen LogP contribution in [0.1, 0.15) is 84.8 Å². The number of rotatable bonds is 11. The topological polar surface area (TPSA) is 174 Å². The molecule has 1 aromatic heterocycles. The van der Waals surface area contributed by atoms with Gasteiger partial charge in [-0.1, -0.05) is 24.3 Å². The molecule has 1 unspecified atom stereocenters. The number of hydrogen-bond donors (Lipinski definition) is 4. The van der Waals surface area contributed by atoms with Gasteiger partial charge >= 0.3 is 5.97 Å². The summed E-state index contributed by atoms with van der Waals surface area (Å²) in [6.07, 6.45) is 5.92. The molecule has 13 nitrogen and oxygen atoms in total. The van der Waals surface area contributed by atoms with E-state index >= 15 is 0 Å². The van der Waals surface area contributed by atoms with E-state index in [1.165, 1.54) is 25.0 Å². The van der Waals surface area contributed by atoms with Crippen LogP contribution in [0.2, 0.25) is 0 Å². The quantitative estimate of drug-likeness (QED) is 0.149. The van der Waals surface area contributed by atoms with Gasteiger partial charge < -0.3 is 35.1 Å². The fraction of sp³-hybridized carbons (Fsp3) is 0.441. The van der Waals surface area contributed by atoms with Crippen molar-refractivity contribution < 1.29 is 38.8 Å². The predicted octanol–water partition coefficient (Wildman–Crippen LogP) is 5.30. The molecule has 0 spiro atoms. The number of carbonyl (C=O) groups excluding carboxylic acids is 3. The number of methoxy groups -OCH3 is 2. The first-order valence-corrected chi connectivity index (χ1v) is 16.6. The largest absolute Gasteiger partial charge is 0.507 e. The summed E-state index contributed by atoms with van der Waals surface area (Å²) in [4.78, 5) is 43.3. The molecule has 0 saturated carbocycles. The Labute approximate surface area is 287 Å². The minimum atomic E-state index is -0.844. The Morgan fingerprint density at radius 2 is 1.90 bits per heavy atom. The third-order valence-corrected chi connectivity index (χ3v) is 8.27. The zero-order valence-corrected chi connectivity index (χ0v) is 28.9. The first-order valence-electron chi connectivity index (χ1n) is 15.8. The molecule has 2 heterocycles. The van der Waals surface area contributed by atoms with Gasteiger partial charge in [0.15, 0.2) is 0 Å². The molecule has 48 heavy (non-hydrogen) atoms. The lowest BCUT2D eigenvalue weighted by atomic mass is 9.84. The molecular weight excluding hydrogens is 686 g/mol. The number of ether oxygens (including phenoxy) is 3. The van der Waals surface area contributed by atoms with Crippen molar-refractivity contribution in [2.45, 2.75) is 70.6 Å². The van der Waals surface area contributed by atoms with Crippen LogP contribution in [0, 0.1) is 0 Å². The number of aromatic hydroxyl groups is 2. The molecular formula is C34H42BrN5O8. The van der Waals surface area contributed by atoms with E-state index in [1.807, 2.05) is 0 Å². The van der Waals surface area contributed by atoms with Gasteiger partial charge in [-0.25, -0.2) is 9.48 Å². The zero-order chi connectivity index (χ0) is 34.6. The maximum absolute atomic E-state index is 13.6. The lowest BCUT2D eigenvalue weighted by Gasteiger charge is -2.23. The number of nitrogens with one attached hydrogen (secondary N) is 2. The van der Waals surface area contributed by atoms with Gasteiger partial charge in [-0.05, 0) is 77.9 Å². The van der Waals surface area contributed by atoms with E-state index < -0.39 is 23.7 Å². The molecule has 14 heteroatoms. The Morgan fingerprint density at radius 3 is 2.62 bits per heavy atom. The number of anilines is 1. The lowest BCUT2D eigenvalue weighted by molar-refractivity contribution is -0.121. The number of Topliss-reactive ketones (excluding diaryl/α,β-unsaturated/α-hetero) is 1. The van der Waals surface area contributed by atoms with Gasteiger partial charge in [0, 0.05) is 50.9 Å². The summed E-state index contributed by atoms with van der Waals surface area (Å²) < 4.78 is 18.0. The average molecular weight is 729 g/mol. The number of benzene rings is 2. The summed E-state index contributed by atoms with van der Waals surface area (Å²) >= 11 is 3.24. The molecule has 4 N–H and O–H groups in total. The summed E-state index contributed by atoms with van der Waals surface area (Å²) in [5, 5.41) is 33.2. The van der Waals surface area contributed by atoms with Crippen LogP contribution in [0.15, 0.2) is 41.1 Å². The molecule has 1 aliphatic rings. The van der Waals surface area contributed by atoms with Crippen LogP contribution in [0.4, 0.5) is 5.95 Å². The molecule has 0 bridgehead atoms. The molecule has 2 aromatic carbocycles. The Kier molecular flexibility index (Phi) is 13.4. The SMILES string of the molecule is COCn1nc(Br)nc1NCCNC(=O)CC(c1ccc(OC)cc1)c1c(O)cc2c(c1O)C(=O)O[C@@H](C)CCCC(=O)CCCC=C2. The smallest absolute Gasteiger partial charge is 0.342 e. The number of aromatic nitrogens is 3. The van der Waals surface area contributed by atoms with E-state index in [0.29, 0.717) is 67.1 Å². The number of esters is 1. The first kappa shape index (κ1) is 36.4. The van der Waals surface area contributed by atoms with Gasteiger partial charge in [-0.3, -0.25) is 9.59 Å². The van der Waals surface area contributed by atoms with Crippen LogP contribution < -0.4 is 15.4 Å². The molecule has 0 saturated heterocycles. The fourth-order valence-electron chi connectivity index (χ4n) is 5.53. The van der Waals surface area contributed by atoms with Crippen LogP contribution in [-0.4, -0.2) is 76.1 Å². The molecule has 1 amide bonds. The van der Waals surface area contributed by atoms with Crippen molar-refractivity contribution in [2.75, 3.05) is 32.6 Å². The van der Waals surface area contributed by atoms with Crippen LogP contribution >= 0.6 is 15.9 Å². The van der Waals surface area contributed by atoms with Crippen molar-refractivity contribution in [2.24, 2.45) is 0 Å². The maximum atomic E-state index is 13.6. The van der Waals surface area contributed by atoms with E-state index in [1.54, 1.807) is 43.3 Å². The summed E-state index contributed by atoms with van der Waals surface area (Å²) in [5.74, 6) is -1.51. The number of phenols is 2. The van der Waals surface area contributed by atoms with Crippen LogP contribution in [0.3, 0.4) is 0 Å². The van der Waals surface area contributed by atoms with Crippen molar-refractivity contribution in [3.63, 3.8) is 0 Å². The van der Waals surface area contributed by atoms with E-state index in [9.17, 15) is 24.6 Å². The average Bonchev–Trinajstić information content (AvgIpc) is 3.40. The number of allylic oxidation sites excluding steroid dienone is 1. The minimum absolute atomic E-state index is 0.0226. The van der Waals surface area contributed by atoms with Gasteiger partial charge in [0.25, 0.3) is 0 Å². The maximum Gasteiger partial charge on any atom is 0.342 e. The number of nitrogens with zero attached hydrogens (tertiary/aromatic N) is 3. The van der Waals surface area contributed by atoms with Crippen molar-refractivity contribution in [3.8, 4) is 17.2 Å². The predicted molar refractivity (Wildman–Crippen MR) is 182 cm³/mol. The molecule has 3 aromatic rings. The lowest BCUT2D eigenvalue weighted by Crippen LogP contribution is -2.30. The second-order valence-electron chi connectivity index (χ2n) is 11.5. The highest BCUT2D eigenvalue weighted by Crippen LogP contribution is 2.44. The van der Waals surface area contributed by atoms with Crippen LogP contribution in [-0.2, 0) is 25.8 Å². The Bertz CT molecular complexity index is 1610. The number of cyclic esters (lactones) is 1. The van der Waals surface area contributed by atoms with Gasteiger partial charge in [0.2, 0.25) is 16.6 Å². The number of hydrogen-bond acceptors (Lipinski definition) is 11. The van der Waals surface area contributed by atoms with E-state index in [0.717, 1.165) is 0 Å². The molecule has 0 aliphatic carbocycles. The first-order chi connectivity index (χ1) is 23.1. The van der Waals surface area contributed by atoms with Gasteiger partial charge in [-0.2, -0.15) is 4.98 Å². The molecule has 1 aliphatic heterocycles. The Hall–Kier alpha value is -4.43. The highest BCUT2D eigenvalue weighted by Gasteiger charge is 2.31. The van der Waals surface area contributed by atoms with Crippen LogP contribution in [0.5, 0.6) is 17.2 Å². The van der Waals surface area contributed by atoms with E-state index in [2.05, 4.69) is 36.6 Å². The van der Waals surface area contributed by atoms with Crippen molar-refractivity contribution in [1.82, 2.24) is 20.1 Å². The van der Waals surface area contributed by atoms with E-state index in [-0.39, 0.29) is 53.8 Å². The molecule has 4 rings (SSSR count). The fourth-order valence-corrected chi connectivity index (χ4v) is 5.89. The van der Waals surface area contributed by atoms with E-state index in [4.69, 9.17) is 14.2 Å². The van der Waals surface area contributed by atoms with Crippen molar-refractivity contribution in [3.05, 3.63) is 63.4 Å². The number of fused-ring (bicyclic) bond motifs is 1. The molecule has 0 radical (unpaired) electrons. The Balaban J connectivity index is 1.63. The molecule has 2 atom stereocenters. The number of phenolic OH excluding ortho intramolecular Hbond substituents is 2. The summed E-state index contributed by atoms with van der Waals surface area (Å²) in [6.45, 7) is 2.48. The molecule has 0 fully saturated rings. The van der Waals surface area contributed by atoms with Gasteiger partial charge in [0.05, 0.1) is 13.2 Å². The third kappa shape index (κ3) is 9.80. The standard InChI is InChI=1S/C34H42BrN5O8/c1-21-8-7-11-24(41)10-6-4-5-9-23-18-27(42)30(31(44)29(23)32(45)48-21)26(22-12-14-25(47-3)15-13-22)19-28(43)36-16-17-37-34-38-33(35)39-40(34)20-46-2/h5,9,12-15,18,21,26,42,44H,4,6-8,10-11,16-17,19-20H2,1-3H3,(H,36,43)(H,37,38,39)/t21-,26?/m0/s1. The summed E-state index contributed by atoms with van der Waals surface area (Å²) in [5.41, 5.74) is 0.796. The highest BCUT2D eigenvalue weighted by atomic mass is 79.9. The summed E-state index contributed by atoms with van der Waals surface area (Å²) in [6, 6.07) is 8.32. The summed E-state index contributed by atoms with van der Waals surface area (Å²) in [7, 11) is 3.07. The second-order valence-corrected chi connectivity index (χ2v) is 12.2. The number of carbonyl (C=O) groups is 3. The van der Waals surface area contributed by atoms with Crippen LogP contribution in [0.25, 0.3) is 6.08 Å². The third-order valence-electron chi connectivity index (χ3n) is 7.93. The van der Waals surface area contributed by atoms with Crippen molar-refractivity contribution >= 4 is 45.6 Å². The van der Waals surface area contributed by atoms with Gasteiger partial charge in [0.1, 0.15) is 35.3 Å². The normalized spacial score (nSPS) is 16.4. The number of halogens is 1. The minimum Gasteiger partial charge on any atom is -0.507 e. The monoisotopic (exact) mass is 727 g/mol. The van der Waals surface area contributed by atoms with Gasteiger partial charge in [-0.15, -0.1) is 5.10 Å². The zero-order valence-electron chi connectivity index (χ0n) is 27.3. The number of amides is 1. The number of ketones is 1. The van der Waals surface area contributed by atoms with Crippen molar-refractivity contribution in [1.29, 1.82) is 0 Å². The molecule has 258 valence electrons. The Morgan fingerprint density at radius 1 is 1.15 bits per heavy atom. The second kappa shape index (κ2) is 17.6.